The minimum absolute atomic E-state index is 1.16. The third-order valence-corrected chi connectivity index (χ3v) is 12.4. The molecule has 4 rings (SSSR count). The van der Waals surface area contributed by atoms with E-state index in [2.05, 4.69) is 97.1 Å². The Labute approximate surface area is 252 Å². The molecule has 36 heavy (non-hydrogen) atoms. The molecule has 0 N–H and O–H groups in total. The number of benzene rings is 4. The van der Waals surface area contributed by atoms with E-state index < -0.39 is 21.5 Å². The fourth-order valence-electron chi connectivity index (χ4n) is 3.73. The average molecular weight is 739 g/mol. The Morgan fingerprint density at radius 3 is 0.750 bits per heavy atom. The van der Waals surface area contributed by atoms with Gasteiger partial charge < -0.3 is 0 Å². The zero-order valence-corrected chi connectivity index (χ0v) is 29.1. The van der Waals surface area contributed by atoms with Gasteiger partial charge in [0.05, 0.1) is 0 Å². The van der Waals surface area contributed by atoms with Crippen molar-refractivity contribution in [2.24, 2.45) is 0 Å². The van der Waals surface area contributed by atoms with Crippen molar-refractivity contribution in [2.75, 3.05) is 0 Å². The Morgan fingerprint density at radius 2 is 0.611 bits per heavy atom. The Morgan fingerprint density at radius 1 is 0.472 bits per heavy atom. The van der Waals surface area contributed by atoms with Crippen molar-refractivity contribution in [3.63, 3.8) is 0 Å². The van der Waals surface area contributed by atoms with E-state index in [4.69, 9.17) is 84.5 Å². The third-order valence-electron chi connectivity index (χ3n) is 4.96. The van der Waals surface area contributed by atoms with Crippen molar-refractivity contribution in [1.82, 2.24) is 0 Å². The molecule has 0 aliphatic carbocycles. The first-order valence-electron chi connectivity index (χ1n) is 10.5. The van der Waals surface area contributed by atoms with Crippen LogP contribution >= 0.6 is 90.5 Å². The zero-order chi connectivity index (χ0) is 26.9. The van der Waals surface area contributed by atoms with E-state index in [-0.39, 0.29) is 0 Å². The molecule has 0 nitrogen and oxygen atoms in total. The Hall–Kier alpha value is 0.390. The van der Waals surface area contributed by atoms with Crippen molar-refractivity contribution in [1.29, 1.82) is 0 Å². The van der Waals surface area contributed by atoms with Crippen LogP contribution < -0.4 is 21.2 Å². The standard InChI is InChI=1S/C24H20ClP.CH3Cl3Si.Cl4Ge/c25-26(21-13-5-1-6-14-21,22-15-7-2-8-16-22,23-17-9-3-10-18-23)24-19-11-4-12-20-24;2*1-5(2,3)4/h1-20H;1H3;. The topological polar surface area (TPSA) is 0 Å². The van der Waals surface area contributed by atoms with E-state index in [1.54, 1.807) is 6.55 Å². The fraction of sp³-hybridized carbons (Fsp3) is 0.0400. The van der Waals surface area contributed by atoms with Gasteiger partial charge in [0.25, 0.3) is 0 Å². The van der Waals surface area contributed by atoms with Crippen LogP contribution in [0.3, 0.4) is 0 Å². The van der Waals surface area contributed by atoms with Crippen molar-refractivity contribution in [3.05, 3.63) is 121 Å². The van der Waals surface area contributed by atoms with Crippen molar-refractivity contribution < 1.29 is 0 Å². The van der Waals surface area contributed by atoms with E-state index in [1.807, 2.05) is 24.3 Å². The maximum absolute atomic E-state index is 8.03. The number of rotatable bonds is 4. The van der Waals surface area contributed by atoms with Crippen LogP contribution in [-0.2, 0) is 0 Å². The molecule has 11 heteroatoms. The monoisotopic (exact) mass is 736 g/mol. The summed E-state index contributed by atoms with van der Waals surface area (Å²) in [6.07, 6.45) is 0. The van der Waals surface area contributed by atoms with Gasteiger partial charge >= 0.3 is 215 Å². The molecule has 4 aromatic carbocycles. The second-order valence-corrected chi connectivity index (χ2v) is 43.4. The first-order valence-corrected chi connectivity index (χ1v) is 30.2. The molecule has 0 saturated carbocycles. The van der Waals surface area contributed by atoms with Gasteiger partial charge in [-0.2, -0.15) is 0 Å². The van der Waals surface area contributed by atoms with Crippen LogP contribution in [0.1, 0.15) is 0 Å². The predicted octanol–water partition coefficient (Wildman–Crippen LogP) is 9.64. The van der Waals surface area contributed by atoms with Gasteiger partial charge in [-0.15, -0.1) is 33.2 Å². The summed E-state index contributed by atoms with van der Waals surface area (Å²) in [4.78, 5) is 0. The maximum atomic E-state index is 8.03. The summed E-state index contributed by atoms with van der Waals surface area (Å²) in [7, 11) is 16.9. The molecule has 0 unspecified atom stereocenters. The molecule has 0 fully saturated rings. The van der Waals surface area contributed by atoms with Crippen LogP contribution in [-0.4, -0.2) is 15.6 Å². The minimum atomic E-state index is -3.34. The molecular formula is C25H23Cl8GePSi. The van der Waals surface area contributed by atoms with E-state index in [0.717, 1.165) is 21.2 Å². The van der Waals surface area contributed by atoms with Gasteiger partial charge in [0.15, 0.2) is 0 Å². The SMILES string of the molecule is C[Si](Cl)(Cl)Cl.ClP(c1ccccc1)(c1ccccc1)(c1ccccc1)c1ccccc1.[Cl][Ge]([Cl])([Cl])[Cl]. The van der Waals surface area contributed by atoms with Gasteiger partial charge in [-0.3, -0.25) is 0 Å². The molecule has 0 aliphatic rings. The summed E-state index contributed by atoms with van der Waals surface area (Å²) >= 11 is 23.6. The van der Waals surface area contributed by atoms with Gasteiger partial charge in [0.2, 0.25) is 0 Å². The normalized spacial score (nSPS) is 12.6. The second-order valence-electron chi connectivity index (χ2n) is 7.56. The molecule has 0 aromatic heterocycles. The third kappa shape index (κ3) is 9.25. The molecule has 0 amide bonds. The van der Waals surface area contributed by atoms with Gasteiger partial charge in [0, 0.05) is 0 Å². The van der Waals surface area contributed by atoms with Crippen LogP contribution in [0.4, 0.5) is 0 Å². The Balaban J connectivity index is 0.000000389. The van der Waals surface area contributed by atoms with Crippen LogP contribution in [0.15, 0.2) is 121 Å². The summed E-state index contributed by atoms with van der Waals surface area (Å²) < 4.78 is 0. The van der Waals surface area contributed by atoms with E-state index in [1.165, 1.54) is 0 Å². The molecule has 0 aliphatic heterocycles. The molecule has 0 saturated heterocycles. The van der Waals surface area contributed by atoms with Gasteiger partial charge in [-0.1, -0.05) is 0 Å². The van der Waals surface area contributed by atoms with Crippen LogP contribution in [0.2, 0.25) is 6.55 Å². The predicted molar refractivity (Wildman–Crippen MR) is 175 cm³/mol. The zero-order valence-electron chi connectivity index (χ0n) is 19.0. The molecule has 0 atom stereocenters. The number of hydrogen-bond donors (Lipinski definition) is 0. The molecule has 0 heterocycles. The molecule has 4 aromatic rings. The first kappa shape index (κ1) is 32.6. The molecule has 0 spiro atoms. The van der Waals surface area contributed by atoms with Crippen LogP contribution in [0, 0.1) is 0 Å². The quantitative estimate of drug-likeness (QED) is 0.111. The Bertz CT molecular complexity index is 995. The van der Waals surface area contributed by atoms with E-state index >= 15 is 0 Å². The van der Waals surface area contributed by atoms with Crippen LogP contribution in [0.5, 0.6) is 0 Å². The summed E-state index contributed by atoms with van der Waals surface area (Å²) in [5.41, 5.74) is 0. The second kappa shape index (κ2) is 14.1. The number of halogens is 8. The summed E-state index contributed by atoms with van der Waals surface area (Å²) in [6.45, 7) is 1.62. The van der Waals surface area contributed by atoms with Crippen LogP contribution in [0.25, 0.3) is 0 Å². The van der Waals surface area contributed by atoms with Crippen molar-refractivity contribution >= 4 is 127 Å². The van der Waals surface area contributed by atoms with Crippen molar-refractivity contribution in [3.8, 4) is 0 Å². The van der Waals surface area contributed by atoms with Gasteiger partial charge in [-0.25, -0.2) is 0 Å². The summed E-state index contributed by atoms with van der Waals surface area (Å²) in [5.74, 6) is -3.34. The molecule has 0 radical (unpaired) electrons. The van der Waals surface area contributed by atoms with E-state index in [9.17, 15) is 0 Å². The average Bonchev–Trinajstić information content (AvgIpc) is 2.84. The first-order chi connectivity index (χ1) is 16.7. The van der Waals surface area contributed by atoms with Gasteiger partial charge in [0.1, 0.15) is 0 Å². The summed E-state index contributed by atoms with van der Waals surface area (Å²) in [5, 5.41) is 4.63. The summed E-state index contributed by atoms with van der Waals surface area (Å²) in [6, 6.07) is 39.9. The molecule has 192 valence electrons. The molecular weight excluding hydrogens is 716 g/mol. The number of hydrogen-bond acceptors (Lipinski definition) is 0. The van der Waals surface area contributed by atoms with Gasteiger partial charge in [-0.05, 0) is 6.55 Å². The fourth-order valence-corrected chi connectivity index (χ4v) is 9.80. The van der Waals surface area contributed by atoms with E-state index in [0.29, 0.717) is 0 Å². The van der Waals surface area contributed by atoms with Crippen molar-refractivity contribution in [2.45, 2.75) is 6.55 Å². The molecule has 0 bridgehead atoms. The Kier molecular flexibility index (Phi) is 12.8.